The normalized spacial score (nSPS) is 17.1. The van der Waals surface area contributed by atoms with Crippen LogP contribution < -0.4 is 0 Å². The van der Waals surface area contributed by atoms with E-state index in [1.165, 1.54) is 0 Å². The number of aromatic hydroxyl groups is 1. The maximum Gasteiger partial charge on any atom is 0.306 e. The van der Waals surface area contributed by atoms with Crippen molar-refractivity contribution in [3.8, 4) is 17.0 Å². The van der Waals surface area contributed by atoms with Gasteiger partial charge in [-0.1, -0.05) is 12.1 Å². The van der Waals surface area contributed by atoms with E-state index in [0.29, 0.717) is 36.2 Å². The highest BCUT2D eigenvalue weighted by atomic mass is 16.4. The molecule has 0 radical (unpaired) electrons. The second-order valence-corrected chi connectivity index (χ2v) is 5.87. The van der Waals surface area contributed by atoms with Crippen LogP contribution in [-0.2, 0) is 17.6 Å². The number of nitrogens with zero attached hydrogens (tertiary/aromatic N) is 2. The number of hydrogen-bond acceptors (Lipinski definition) is 4. The third-order valence-corrected chi connectivity index (χ3v) is 4.48. The van der Waals surface area contributed by atoms with Crippen molar-refractivity contribution in [2.75, 3.05) is 0 Å². The number of aryl methyl sites for hydroxylation is 1. The van der Waals surface area contributed by atoms with Crippen LogP contribution in [0.15, 0.2) is 30.3 Å². The van der Waals surface area contributed by atoms with E-state index in [1.807, 2.05) is 12.1 Å². The Bertz CT molecular complexity index is 917. The van der Waals surface area contributed by atoms with Crippen molar-refractivity contribution in [2.45, 2.75) is 19.3 Å². The molecule has 0 fully saturated rings. The van der Waals surface area contributed by atoms with Crippen molar-refractivity contribution in [2.24, 2.45) is 5.92 Å². The molecule has 6 heteroatoms. The third-order valence-electron chi connectivity index (χ3n) is 4.48. The molecule has 0 amide bonds. The number of para-hydroxylation sites is 1. The highest BCUT2D eigenvalue weighted by molar-refractivity contribution is 5.86. The smallest absolute Gasteiger partial charge is 0.306 e. The second kappa shape index (κ2) is 5.08. The Hall–Kier alpha value is -2.89. The lowest BCUT2D eigenvalue weighted by Gasteiger charge is -2.18. The molecule has 0 bridgehead atoms. The number of phenolic OH excluding ortho intramolecular Hbond substituents is 1. The van der Waals surface area contributed by atoms with Crippen LogP contribution in [0, 0.1) is 5.92 Å². The molecule has 116 valence electrons. The molecule has 2 aromatic heterocycles. The fourth-order valence-electron chi connectivity index (χ4n) is 3.24. The van der Waals surface area contributed by atoms with E-state index in [0.717, 1.165) is 16.6 Å². The first-order valence-corrected chi connectivity index (χ1v) is 7.52. The van der Waals surface area contributed by atoms with Crippen LogP contribution in [0.25, 0.3) is 22.3 Å². The molecule has 0 aliphatic heterocycles. The van der Waals surface area contributed by atoms with Gasteiger partial charge in [0.25, 0.3) is 0 Å². The van der Waals surface area contributed by atoms with E-state index >= 15 is 0 Å². The Balaban J connectivity index is 1.85. The van der Waals surface area contributed by atoms with Gasteiger partial charge in [-0.25, -0.2) is 0 Å². The van der Waals surface area contributed by atoms with Crippen LogP contribution in [0.2, 0.25) is 0 Å². The average Bonchev–Trinajstić information content (AvgIpc) is 2.92. The highest BCUT2D eigenvalue weighted by Gasteiger charge is 2.27. The Morgan fingerprint density at radius 3 is 2.87 bits per heavy atom. The zero-order chi connectivity index (χ0) is 16.0. The van der Waals surface area contributed by atoms with Crippen LogP contribution in [0.1, 0.15) is 17.7 Å². The van der Waals surface area contributed by atoms with Crippen molar-refractivity contribution >= 4 is 17.0 Å². The van der Waals surface area contributed by atoms with Crippen LogP contribution >= 0.6 is 0 Å². The molecule has 0 unspecified atom stereocenters. The third kappa shape index (κ3) is 2.23. The molecular formula is C17H15N3O3. The Kier molecular flexibility index (Phi) is 3.04. The molecule has 4 rings (SSSR count). The number of carboxylic acids is 1. The Morgan fingerprint density at radius 2 is 2.09 bits per heavy atom. The number of phenols is 1. The summed E-state index contributed by atoms with van der Waals surface area (Å²) in [6.45, 7) is 0. The van der Waals surface area contributed by atoms with Gasteiger partial charge in [-0.3, -0.25) is 4.79 Å². The molecule has 0 spiro atoms. The lowest BCUT2D eigenvalue weighted by molar-refractivity contribution is -0.142. The molecule has 3 N–H and O–H groups in total. The summed E-state index contributed by atoms with van der Waals surface area (Å²) in [4.78, 5) is 14.5. The maximum absolute atomic E-state index is 11.3. The Labute approximate surface area is 131 Å². The number of fused-ring (bicyclic) bond motifs is 3. The number of hydrogen-bond donors (Lipinski definition) is 3. The summed E-state index contributed by atoms with van der Waals surface area (Å²) in [6.07, 6.45) is 1.83. The van der Waals surface area contributed by atoms with Crippen molar-refractivity contribution in [3.63, 3.8) is 0 Å². The molecule has 1 aromatic carbocycles. The van der Waals surface area contributed by atoms with E-state index in [9.17, 15) is 15.0 Å². The minimum absolute atomic E-state index is 0.147. The van der Waals surface area contributed by atoms with E-state index in [2.05, 4.69) is 15.2 Å². The monoisotopic (exact) mass is 309 g/mol. The largest absolute Gasteiger partial charge is 0.507 e. The predicted molar refractivity (Wildman–Crippen MR) is 84.1 cm³/mol. The fraction of sp³-hybridized carbons (Fsp3) is 0.235. The number of aliphatic carboxylic acids is 1. The highest BCUT2D eigenvalue weighted by Crippen LogP contribution is 2.34. The van der Waals surface area contributed by atoms with Gasteiger partial charge in [0.15, 0.2) is 5.65 Å². The van der Waals surface area contributed by atoms with Crippen LogP contribution in [-0.4, -0.2) is 31.4 Å². The molecule has 6 nitrogen and oxygen atoms in total. The second-order valence-electron chi connectivity index (χ2n) is 5.87. The summed E-state index contributed by atoms with van der Waals surface area (Å²) in [7, 11) is 0. The summed E-state index contributed by atoms with van der Waals surface area (Å²) in [6, 6.07) is 8.84. The summed E-state index contributed by atoms with van der Waals surface area (Å²) >= 11 is 0. The van der Waals surface area contributed by atoms with Gasteiger partial charge in [0.1, 0.15) is 5.75 Å². The number of nitrogens with one attached hydrogen (secondary N) is 1. The lowest BCUT2D eigenvalue weighted by Crippen LogP contribution is -2.21. The first kappa shape index (κ1) is 13.8. The molecule has 23 heavy (non-hydrogen) atoms. The number of benzene rings is 1. The first-order chi connectivity index (χ1) is 11.1. The molecule has 3 aromatic rings. The summed E-state index contributed by atoms with van der Waals surface area (Å²) in [5.74, 6) is -0.967. The topological polar surface area (TPSA) is 99.1 Å². The Morgan fingerprint density at radius 1 is 1.26 bits per heavy atom. The van der Waals surface area contributed by atoms with Crippen molar-refractivity contribution in [1.82, 2.24) is 15.2 Å². The maximum atomic E-state index is 11.3. The fourth-order valence-corrected chi connectivity index (χ4v) is 3.24. The number of H-pyrrole nitrogens is 1. The van der Waals surface area contributed by atoms with Gasteiger partial charge in [0, 0.05) is 16.6 Å². The number of rotatable bonds is 2. The quantitative estimate of drug-likeness (QED) is 0.675. The van der Waals surface area contributed by atoms with Crippen LogP contribution in [0.3, 0.4) is 0 Å². The van der Waals surface area contributed by atoms with E-state index in [4.69, 9.17) is 0 Å². The minimum Gasteiger partial charge on any atom is -0.507 e. The van der Waals surface area contributed by atoms with Gasteiger partial charge in [-0.15, -0.1) is 10.2 Å². The van der Waals surface area contributed by atoms with E-state index in [-0.39, 0.29) is 11.7 Å². The SMILES string of the molecule is O=C(O)[C@H]1CCc2[nH]c3nnc(-c4ccccc4O)cc3c2C1. The average molecular weight is 309 g/mol. The van der Waals surface area contributed by atoms with Crippen LogP contribution in [0.4, 0.5) is 0 Å². The molecule has 1 atom stereocenters. The lowest BCUT2D eigenvalue weighted by atomic mass is 9.86. The molecule has 1 aliphatic carbocycles. The van der Waals surface area contributed by atoms with Gasteiger partial charge < -0.3 is 15.2 Å². The predicted octanol–water partition coefficient (Wildman–Crippen LogP) is 2.52. The number of carbonyl (C=O) groups is 1. The molecule has 2 heterocycles. The van der Waals surface area contributed by atoms with E-state index in [1.54, 1.807) is 18.2 Å². The van der Waals surface area contributed by atoms with Crippen molar-refractivity contribution < 1.29 is 15.0 Å². The minimum atomic E-state index is -0.757. The van der Waals surface area contributed by atoms with Crippen LogP contribution in [0.5, 0.6) is 5.75 Å². The zero-order valence-electron chi connectivity index (χ0n) is 12.3. The summed E-state index contributed by atoms with van der Waals surface area (Å²) < 4.78 is 0. The molecule has 1 aliphatic rings. The van der Waals surface area contributed by atoms with Gasteiger partial charge in [-0.2, -0.15) is 0 Å². The van der Waals surface area contributed by atoms with Gasteiger partial charge in [0.05, 0.1) is 11.6 Å². The van der Waals surface area contributed by atoms with E-state index < -0.39 is 5.97 Å². The number of aromatic nitrogens is 3. The standard InChI is InChI=1S/C17H15N3O3/c21-15-4-2-1-3-10(15)14-8-12-11-7-9(17(22)23)5-6-13(11)18-16(12)20-19-14/h1-4,8-9,21H,5-7H2,(H,18,20)(H,22,23)/t9-/m0/s1. The van der Waals surface area contributed by atoms with Gasteiger partial charge in [-0.05, 0) is 43.0 Å². The van der Waals surface area contributed by atoms with Gasteiger partial charge >= 0.3 is 5.97 Å². The van der Waals surface area contributed by atoms with Gasteiger partial charge in [0.2, 0.25) is 0 Å². The molecule has 0 saturated heterocycles. The van der Waals surface area contributed by atoms with Crippen molar-refractivity contribution in [1.29, 1.82) is 0 Å². The first-order valence-electron chi connectivity index (χ1n) is 7.52. The molecular weight excluding hydrogens is 294 g/mol. The summed E-state index contributed by atoms with van der Waals surface area (Å²) in [5, 5.41) is 28.5. The van der Waals surface area contributed by atoms with Crippen molar-refractivity contribution in [3.05, 3.63) is 41.6 Å². The summed E-state index contributed by atoms with van der Waals surface area (Å²) in [5.41, 5.74) is 3.91. The number of carboxylic acid groups (broad SMARTS) is 1. The number of aromatic amines is 1. The molecule has 0 saturated carbocycles. The zero-order valence-corrected chi connectivity index (χ0v) is 12.3.